The highest BCUT2D eigenvalue weighted by Crippen LogP contribution is 2.30. The number of methoxy groups -OCH3 is 1. The number of tetrazole rings is 1. The highest BCUT2D eigenvalue weighted by molar-refractivity contribution is 7.99. The lowest BCUT2D eigenvalue weighted by molar-refractivity contribution is -0.118. The van der Waals surface area contributed by atoms with Gasteiger partial charge in [-0.15, -0.1) is 5.10 Å². The molecule has 1 aromatic heterocycles. The highest BCUT2D eigenvalue weighted by atomic mass is 32.2. The van der Waals surface area contributed by atoms with Crippen LogP contribution >= 0.6 is 11.8 Å². The molecule has 2 heterocycles. The number of thioether (sulfide) groups is 1. The Morgan fingerprint density at radius 1 is 1.17 bits per heavy atom. The Bertz CT molecular complexity index is 1010. The van der Waals surface area contributed by atoms with Gasteiger partial charge in [0.1, 0.15) is 19.0 Å². The van der Waals surface area contributed by atoms with E-state index < -0.39 is 0 Å². The van der Waals surface area contributed by atoms with Gasteiger partial charge in [0, 0.05) is 6.54 Å². The summed E-state index contributed by atoms with van der Waals surface area (Å²) in [4.78, 5) is 12.2. The third kappa shape index (κ3) is 4.82. The summed E-state index contributed by atoms with van der Waals surface area (Å²) in [5.74, 6) is 2.41. The van der Waals surface area contributed by atoms with Crippen molar-refractivity contribution < 1.29 is 19.0 Å². The van der Waals surface area contributed by atoms with Crippen LogP contribution in [0.25, 0.3) is 5.69 Å². The van der Waals surface area contributed by atoms with Gasteiger partial charge in [0.25, 0.3) is 0 Å². The molecule has 1 N–H and O–H groups in total. The van der Waals surface area contributed by atoms with Crippen LogP contribution in [0.3, 0.4) is 0 Å². The maximum Gasteiger partial charge on any atom is 0.230 e. The molecular weight excluding hydrogens is 406 g/mol. The van der Waals surface area contributed by atoms with Gasteiger partial charge in [0.2, 0.25) is 11.1 Å². The number of benzene rings is 2. The van der Waals surface area contributed by atoms with Gasteiger partial charge in [-0.25, -0.2) is 0 Å². The van der Waals surface area contributed by atoms with Crippen molar-refractivity contribution in [2.45, 2.75) is 11.6 Å². The molecule has 1 aliphatic rings. The first-order valence-electron chi connectivity index (χ1n) is 9.44. The van der Waals surface area contributed by atoms with Crippen molar-refractivity contribution in [1.29, 1.82) is 0 Å². The number of fused-ring (bicyclic) bond motifs is 1. The molecule has 30 heavy (non-hydrogen) atoms. The standard InChI is InChI=1S/C20H21N5O4S/c1-27-16-5-3-15(4-6-16)25-20(22-23-24-25)30-13-19(26)21-9-8-14-2-7-17-18(12-14)29-11-10-28-17/h2-7,12H,8-11,13H2,1H3,(H,21,26). The zero-order chi connectivity index (χ0) is 20.8. The van der Waals surface area contributed by atoms with E-state index in [0.717, 1.165) is 28.5 Å². The van der Waals surface area contributed by atoms with E-state index in [1.807, 2.05) is 42.5 Å². The minimum Gasteiger partial charge on any atom is -0.497 e. The van der Waals surface area contributed by atoms with Crippen molar-refractivity contribution in [3.63, 3.8) is 0 Å². The van der Waals surface area contributed by atoms with Crippen LogP contribution < -0.4 is 19.5 Å². The summed E-state index contributed by atoms with van der Waals surface area (Å²) in [5, 5.41) is 15.2. The van der Waals surface area contributed by atoms with Crippen LogP contribution in [0.15, 0.2) is 47.6 Å². The van der Waals surface area contributed by atoms with E-state index in [1.165, 1.54) is 11.8 Å². The number of ether oxygens (including phenoxy) is 3. The van der Waals surface area contributed by atoms with E-state index in [4.69, 9.17) is 14.2 Å². The fourth-order valence-electron chi connectivity index (χ4n) is 2.93. The molecule has 1 aliphatic heterocycles. The lowest BCUT2D eigenvalue weighted by atomic mass is 10.1. The van der Waals surface area contributed by atoms with Crippen molar-refractivity contribution in [2.24, 2.45) is 0 Å². The van der Waals surface area contributed by atoms with Crippen LogP contribution in [0.4, 0.5) is 0 Å². The average Bonchev–Trinajstić information content (AvgIpc) is 3.26. The quantitative estimate of drug-likeness (QED) is 0.544. The van der Waals surface area contributed by atoms with E-state index in [2.05, 4.69) is 20.8 Å². The highest BCUT2D eigenvalue weighted by Gasteiger charge is 2.13. The second-order valence-corrected chi connectivity index (χ2v) is 7.38. The molecular formula is C20H21N5O4S. The Morgan fingerprint density at radius 2 is 1.97 bits per heavy atom. The van der Waals surface area contributed by atoms with E-state index in [0.29, 0.717) is 31.3 Å². The van der Waals surface area contributed by atoms with Crippen molar-refractivity contribution in [3.05, 3.63) is 48.0 Å². The molecule has 0 atom stereocenters. The summed E-state index contributed by atoms with van der Waals surface area (Å²) < 4.78 is 17.9. The molecule has 0 spiro atoms. The lowest BCUT2D eigenvalue weighted by Gasteiger charge is -2.18. The Morgan fingerprint density at radius 3 is 2.77 bits per heavy atom. The molecule has 0 radical (unpaired) electrons. The minimum atomic E-state index is -0.0816. The number of nitrogens with one attached hydrogen (secondary N) is 1. The number of carbonyl (C=O) groups excluding carboxylic acids is 1. The van der Waals surface area contributed by atoms with Crippen molar-refractivity contribution in [3.8, 4) is 22.9 Å². The first kappa shape index (κ1) is 20.0. The number of nitrogens with zero attached hydrogens (tertiary/aromatic N) is 4. The molecule has 0 unspecified atom stereocenters. The Hall–Kier alpha value is -3.27. The smallest absolute Gasteiger partial charge is 0.230 e. The number of hydrogen-bond donors (Lipinski definition) is 1. The topological polar surface area (TPSA) is 100 Å². The van der Waals surface area contributed by atoms with Gasteiger partial charge in [-0.1, -0.05) is 17.8 Å². The zero-order valence-corrected chi connectivity index (χ0v) is 17.2. The Labute approximate surface area is 177 Å². The first-order valence-corrected chi connectivity index (χ1v) is 10.4. The second-order valence-electron chi connectivity index (χ2n) is 6.44. The SMILES string of the molecule is COc1ccc(-n2nnnc2SCC(=O)NCCc2ccc3c(c2)OCCO3)cc1. The van der Waals surface area contributed by atoms with Crippen molar-refractivity contribution >= 4 is 17.7 Å². The summed E-state index contributed by atoms with van der Waals surface area (Å²) >= 11 is 1.28. The summed E-state index contributed by atoms with van der Waals surface area (Å²) in [6.07, 6.45) is 0.705. The molecule has 4 rings (SSSR count). The molecule has 9 nitrogen and oxygen atoms in total. The molecule has 0 saturated heterocycles. The van der Waals surface area contributed by atoms with Crippen LogP contribution in [0, 0.1) is 0 Å². The van der Waals surface area contributed by atoms with Crippen molar-refractivity contribution in [2.75, 3.05) is 32.6 Å². The van der Waals surface area contributed by atoms with E-state index in [-0.39, 0.29) is 11.7 Å². The maximum absolute atomic E-state index is 12.2. The number of carbonyl (C=O) groups is 1. The molecule has 0 fully saturated rings. The average molecular weight is 427 g/mol. The first-order chi connectivity index (χ1) is 14.7. The molecule has 3 aromatic rings. The van der Waals surface area contributed by atoms with Crippen LogP contribution in [-0.4, -0.2) is 58.7 Å². The van der Waals surface area contributed by atoms with Crippen molar-refractivity contribution in [1.82, 2.24) is 25.5 Å². The fraction of sp³-hybridized carbons (Fsp3) is 0.300. The molecule has 10 heteroatoms. The predicted molar refractivity (Wildman–Crippen MR) is 111 cm³/mol. The minimum absolute atomic E-state index is 0.0816. The Kier molecular flexibility index (Phi) is 6.33. The van der Waals surface area contributed by atoms with Gasteiger partial charge in [0.05, 0.1) is 18.6 Å². The van der Waals surface area contributed by atoms with Gasteiger partial charge < -0.3 is 19.5 Å². The third-order valence-corrected chi connectivity index (χ3v) is 5.35. The predicted octanol–water partition coefficient (Wildman–Crippen LogP) is 1.89. The lowest BCUT2D eigenvalue weighted by Crippen LogP contribution is -2.27. The fourth-order valence-corrected chi connectivity index (χ4v) is 3.65. The van der Waals surface area contributed by atoms with Crippen LogP contribution in [0.2, 0.25) is 0 Å². The number of aromatic nitrogens is 4. The number of hydrogen-bond acceptors (Lipinski definition) is 8. The molecule has 156 valence electrons. The molecule has 0 saturated carbocycles. The van der Waals surface area contributed by atoms with E-state index in [9.17, 15) is 4.79 Å². The summed E-state index contributed by atoms with van der Waals surface area (Å²) in [7, 11) is 1.61. The van der Waals surface area contributed by atoms with Crippen LogP contribution in [0.1, 0.15) is 5.56 Å². The molecule has 1 amide bonds. The Balaban J connectivity index is 1.26. The molecule has 2 aromatic carbocycles. The number of amides is 1. The molecule has 0 bridgehead atoms. The monoisotopic (exact) mass is 427 g/mol. The van der Waals surface area contributed by atoms with E-state index in [1.54, 1.807) is 11.8 Å². The van der Waals surface area contributed by atoms with Gasteiger partial charge in [-0.05, 0) is 58.8 Å². The number of rotatable bonds is 8. The summed E-state index contributed by atoms with van der Waals surface area (Å²) in [6, 6.07) is 13.2. The zero-order valence-electron chi connectivity index (χ0n) is 16.4. The third-order valence-electron chi connectivity index (χ3n) is 4.43. The van der Waals surface area contributed by atoms with Gasteiger partial charge in [-0.3, -0.25) is 4.79 Å². The largest absolute Gasteiger partial charge is 0.497 e. The molecule has 0 aliphatic carbocycles. The van der Waals surface area contributed by atoms with E-state index >= 15 is 0 Å². The van der Waals surface area contributed by atoms with Gasteiger partial charge in [-0.2, -0.15) is 4.68 Å². The summed E-state index contributed by atoms with van der Waals surface area (Å²) in [6.45, 7) is 1.66. The van der Waals surface area contributed by atoms with Crippen LogP contribution in [0.5, 0.6) is 17.2 Å². The van der Waals surface area contributed by atoms with Gasteiger partial charge >= 0.3 is 0 Å². The normalized spacial score (nSPS) is 12.4. The second kappa shape index (κ2) is 9.49. The van der Waals surface area contributed by atoms with Gasteiger partial charge in [0.15, 0.2) is 11.5 Å². The van der Waals surface area contributed by atoms with Crippen LogP contribution in [-0.2, 0) is 11.2 Å². The summed E-state index contributed by atoms with van der Waals surface area (Å²) in [5.41, 5.74) is 1.87. The maximum atomic E-state index is 12.2.